The molecule has 2 nitrogen and oxygen atoms in total. The van der Waals surface area contributed by atoms with Crippen LogP contribution in [0.25, 0.3) is 0 Å². The van der Waals surface area contributed by atoms with Crippen LogP contribution in [0.2, 0.25) is 0 Å². The lowest BCUT2D eigenvalue weighted by Gasteiger charge is -1.93. The van der Waals surface area contributed by atoms with Gasteiger partial charge in [0.1, 0.15) is 5.82 Å². The molecule has 0 bridgehead atoms. The number of nitrogens with zero attached hydrogens (tertiary/aromatic N) is 1. The number of benzene rings is 1. The summed E-state index contributed by atoms with van der Waals surface area (Å²) in [5.74, 6) is 4.66. The van der Waals surface area contributed by atoms with Crippen molar-refractivity contribution < 1.29 is 4.39 Å². The number of hydrogen-bond donors (Lipinski definition) is 1. The largest absolute Gasteiger partial charge is 0.324 e. The highest BCUT2D eigenvalue weighted by atomic mass is 19.1. The lowest BCUT2D eigenvalue weighted by molar-refractivity contribution is 0.626. The molecule has 3 heteroatoms. The van der Waals surface area contributed by atoms with Gasteiger partial charge in [0.05, 0.1) is 0 Å². The van der Waals surface area contributed by atoms with Crippen LogP contribution >= 0.6 is 0 Å². The van der Waals surface area contributed by atoms with E-state index in [0.717, 1.165) is 5.56 Å². The first-order valence-corrected chi connectivity index (χ1v) is 3.29. The molecule has 11 heavy (non-hydrogen) atoms. The van der Waals surface area contributed by atoms with Crippen LogP contribution in [0.5, 0.6) is 0 Å². The fourth-order valence-corrected chi connectivity index (χ4v) is 0.822. The maximum absolute atomic E-state index is 12.5. The van der Waals surface area contributed by atoms with Gasteiger partial charge < -0.3 is 5.84 Å². The van der Waals surface area contributed by atoms with E-state index in [1.54, 1.807) is 6.07 Å². The molecule has 0 aliphatic carbocycles. The van der Waals surface area contributed by atoms with Crippen molar-refractivity contribution in [3.63, 3.8) is 0 Å². The Morgan fingerprint density at radius 3 is 3.00 bits per heavy atom. The van der Waals surface area contributed by atoms with Crippen LogP contribution in [0.3, 0.4) is 0 Å². The van der Waals surface area contributed by atoms with Gasteiger partial charge in [-0.2, -0.15) is 5.10 Å². The highest BCUT2D eigenvalue weighted by Gasteiger charge is 1.91. The minimum absolute atomic E-state index is 0.229. The van der Waals surface area contributed by atoms with Crippen molar-refractivity contribution in [1.29, 1.82) is 0 Å². The summed E-state index contributed by atoms with van der Waals surface area (Å²) < 4.78 is 12.5. The Labute approximate surface area is 64.5 Å². The minimum Gasteiger partial charge on any atom is -0.324 e. The van der Waals surface area contributed by atoms with Gasteiger partial charge in [0.2, 0.25) is 0 Å². The summed E-state index contributed by atoms with van der Waals surface area (Å²) >= 11 is 0. The minimum atomic E-state index is -0.229. The maximum atomic E-state index is 12.5. The van der Waals surface area contributed by atoms with E-state index in [2.05, 4.69) is 5.10 Å². The van der Waals surface area contributed by atoms with Crippen molar-refractivity contribution >= 4 is 6.21 Å². The van der Waals surface area contributed by atoms with Crippen LogP contribution in [0.4, 0.5) is 4.39 Å². The second-order valence-corrected chi connectivity index (χ2v) is 2.17. The third kappa shape index (κ3) is 2.37. The van der Waals surface area contributed by atoms with E-state index in [0.29, 0.717) is 6.42 Å². The van der Waals surface area contributed by atoms with Crippen molar-refractivity contribution in [3.05, 3.63) is 35.6 Å². The van der Waals surface area contributed by atoms with Crippen molar-refractivity contribution in [1.82, 2.24) is 0 Å². The molecular weight excluding hydrogens is 143 g/mol. The zero-order chi connectivity index (χ0) is 8.10. The Morgan fingerprint density at radius 1 is 1.55 bits per heavy atom. The number of nitrogens with two attached hydrogens (primary N) is 1. The highest BCUT2D eigenvalue weighted by Crippen LogP contribution is 2.02. The molecular formula is C8H9FN2. The van der Waals surface area contributed by atoms with E-state index in [1.165, 1.54) is 18.3 Å². The summed E-state index contributed by atoms with van der Waals surface area (Å²) in [6, 6.07) is 6.35. The Bertz CT molecular complexity index is 258. The van der Waals surface area contributed by atoms with Crippen LogP contribution in [-0.2, 0) is 6.42 Å². The standard InChI is InChI=1S/C8H9FN2/c9-8-3-1-2-7(6-8)4-5-11-10/h1-3,5-6H,4,10H2/b11-5+. The van der Waals surface area contributed by atoms with E-state index in [-0.39, 0.29) is 5.82 Å². The van der Waals surface area contributed by atoms with E-state index < -0.39 is 0 Å². The van der Waals surface area contributed by atoms with Gasteiger partial charge >= 0.3 is 0 Å². The molecule has 1 aromatic rings. The second kappa shape index (κ2) is 3.71. The summed E-state index contributed by atoms with van der Waals surface area (Å²) in [4.78, 5) is 0. The van der Waals surface area contributed by atoms with E-state index in [1.807, 2.05) is 6.07 Å². The molecule has 0 unspecified atom stereocenters. The Morgan fingerprint density at radius 2 is 2.36 bits per heavy atom. The molecule has 58 valence electrons. The SMILES string of the molecule is N/N=C/Cc1cccc(F)c1. The van der Waals surface area contributed by atoms with Crippen LogP contribution in [0.1, 0.15) is 5.56 Å². The molecule has 0 atom stereocenters. The zero-order valence-electron chi connectivity index (χ0n) is 6.00. The lowest BCUT2D eigenvalue weighted by Crippen LogP contribution is -1.89. The fourth-order valence-electron chi connectivity index (χ4n) is 0.822. The predicted octanol–water partition coefficient (Wildman–Crippen LogP) is 1.31. The fraction of sp³-hybridized carbons (Fsp3) is 0.125. The first-order valence-electron chi connectivity index (χ1n) is 3.29. The quantitative estimate of drug-likeness (QED) is 0.387. The van der Waals surface area contributed by atoms with Gasteiger partial charge in [-0.05, 0) is 17.7 Å². The molecule has 0 radical (unpaired) electrons. The molecule has 0 saturated carbocycles. The van der Waals surface area contributed by atoms with Gasteiger partial charge in [-0.1, -0.05) is 12.1 Å². The molecule has 1 rings (SSSR count). The molecule has 0 spiro atoms. The van der Waals surface area contributed by atoms with Gasteiger partial charge in [0.15, 0.2) is 0 Å². The van der Waals surface area contributed by atoms with E-state index >= 15 is 0 Å². The van der Waals surface area contributed by atoms with Gasteiger partial charge in [0.25, 0.3) is 0 Å². The van der Waals surface area contributed by atoms with Crippen molar-refractivity contribution in [2.45, 2.75) is 6.42 Å². The molecule has 0 aliphatic rings. The Kier molecular flexibility index (Phi) is 2.60. The van der Waals surface area contributed by atoms with Crippen LogP contribution in [-0.4, -0.2) is 6.21 Å². The van der Waals surface area contributed by atoms with Crippen molar-refractivity contribution in [3.8, 4) is 0 Å². The highest BCUT2D eigenvalue weighted by molar-refractivity contribution is 5.60. The zero-order valence-corrected chi connectivity index (χ0v) is 6.00. The number of rotatable bonds is 2. The van der Waals surface area contributed by atoms with Gasteiger partial charge in [-0.3, -0.25) is 0 Å². The number of hydrogen-bond acceptors (Lipinski definition) is 2. The van der Waals surface area contributed by atoms with Gasteiger partial charge in [-0.15, -0.1) is 0 Å². The van der Waals surface area contributed by atoms with Crippen molar-refractivity contribution in [2.24, 2.45) is 10.9 Å². The van der Waals surface area contributed by atoms with Crippen molar-refractivity contribution in [2.75, 3.05) is 0 Å². The molecule has 0 amide bonds. The average molecular weight is 152 g/mol. The second-order valence-electron chi connectivity index (χ2n) is 2.17. The predicted molar refractivity (Wildman–Crippen MR) is 42.8 cm³/mol. The van der Waals surface area contributed by atoms with E-state index in [4.69, 9.17) is 5.84 Å². The summed E-state index contributed by atoms with van der Waals surface area (Å²) in [6.45, 7) is 0. The number of hydrazone groups is 1. The Hall–Kier alpha value is -1.38. The van der Waals surface area contributed by atoms with Crippen LogP contribution in [0, 0.1) is 5.82 Å². The summed E-state index contributed by atoms with van der Waals surface area (Å²) in [5.41, 5.74) is 0.874. The molecule has 0 fully saturated rings. The van der Waals surface area contributed by atoms with E-state index in [9.17, 15) is 4.39 Å². The van der Waals surface area contributed by atoms with Gasteiger partial charge in [0, 0.05) is 12.6 Å². The Balaban J connectivity index is 2.71. The third-order valence-electron chi connectivity index (χ3n) is 1.32. The molecule has 0 aliphatic heterocycles. The first-order chi connectivity index (χ1) is 5.33. The summed E-state index contributed by atoms with van der Waals surface area (Å²) in [7, 11) is 0. The third-order valence-corrected chi connectivity index (χ3v) is 1.32. The molecule has 2 N–H and O–H groups in total. The maximum Gasteiger partial charge on any atom is 0.123 e. The molecule has 0 aromatic heterocycles. The molecule has 0 saturated heterocycles. The topological polar surface area (TPSA) is 38.4 Å². The first kappa shape index (κ1) is 7.72. The normalized spacial score (nSPS) is 10.6. The number of halogens is 1. The van der Waals surface area contributed by atoms with Crippen LogP contribution in [0.15, 0.2) is 29.4 Å². The van der Waals surface area contributed by atoms with Gasteiger partial charge in [-0.25, -0.2) is 4.39 Å². The molecule has 1 aromatic carbocycles. The smallest absolute Gasteiger partial charge is 0.123 e. The monoisotopic (exact) mass is 152 g/mol. The van der Waals surface area contributed by atoms with Crippen LogP contribution < -0.4 is 5.84 Å². The molecule has 0 heterocycles. The summed E-state index contributed by atoms with van der Waals surface area (Å²) in [5, 5.41) is 3.31. The summed E-state index contributed by atoms with van der Waals surface area (Å²) in [6.07, 6.45) is 2.11. The lowest BCUT2D eigenvalue weighted by atomic mass is 10.2. The average Bonchev–Trinajstić information content (AvgIpc) is 2.01.